The van der Waals surface area contributed by atoms with Gasteiger partial charge in [-0.15, -0.1) is 0 Å². The molecule has 0 unspecified atom stereocenters. The predicted molar refractivity (Wildman–Crippen MR) is 79.9 cm³/mol. The lowest BCUT2D eigenvalue weighted by Crippen LogP contribution is -2.16. The molecule has 0 radical (unpaired) electrons. The summed E-state index contributed by atoms with van der Waals surface area (Å²) in [5, 5.41) is 0. The summed E-state index contributed by atoms with van der Waals surface area (Å²) in [4.78, 5) is 0.102. The lowest BCUT2D eigenvalue weighted by Gasteiger charge is -2.10. The Morgan fingerprint density at radius 1 is 1.29 bits per heavy atom. The summed E-state index contributed by atoms with van der Waals surface area (Å²) in [7, 11) is -2.25. The molecule has 1 heterocycles. The molecule has 2 aromatic rings. The number of rotatable bonds is 5. The van der Waals surface area contributed by atoms with Crippen LogP contribution in [0.15, 0.2) is 33.6 Å². The Hall–Kier alpha value is -1.99. The van der Waals surface area contributed by atoms with E-state index in [1.54, 1.807) is 38.1 Å². The van der Waals surface area contributed by atoms with E-state index in [4.69, 9.17) is 14.9 Å². The van der Waals surface area contributed by atoms with Crippen molar-refractivity contribution in [3.8, 4) is 5.75 Å². The van der Waals surface area contributed by atoms with Crippen molar-refractivity contribution >= 4 is 15.7 Å². The molecular weight excluding hydrogens is 292 g/mol. The highest BCUT2D eigenvalue weighted by Crippen LogP contribution is 2.28. The predicted octanol–water partition coefficient (Wildman–Crippen LogP) is 2.16. The van der Waals surface area contributed by atoms with E-state index in [1.165, 1.54) is 7.11 Å². The van der Waals surface area contributed by atoms with Crippen LogP contribution >= 0.6 is 0 Å². The molecule has 0 atom stereocenters. The van der Waals surface area contributed by atoms with Crippen molar-refractivity contribution in [2.75, 3.05) is 11.8 Å². The maximum atomic E-state index is 12.5. The maximum Gasteiger partial charge on any atom is 0.265 e. The van der Waals surface area contributed by atoms with Gasteiger partial charge >= 0.3 is 0 Å². The van der Waals surface area contributed by atoms with Crippen LogP contribution in [0, 0.1) is 13.8 Å². The second-order valence-electron chi connectivity index (χ2n) is 4.56. The summed E-state index contributed by atoms with van der Waals surface area (Å²) < 4.78 is 38.1. The highest BCUT2D eigenvalue weighted by molar-refractivity contribution is 7.92. The number of hydrogen-bond donors (Lipinski definition) is 2. The minimum absolute atomic E-state index is 0.0948. The summed E-state index contributed by atoms with van der Waals surface area (Å²) in [6.07, 6.45) is 0. The van der Waals surface area contributed by atoms with Crippen LogP contribution in [0.5, 0.6) is 5.75 Å². The number of nitrogens with two attached hydrogens (primary N) is 1. The Balaban J connectivity index is 2.43. The van der Waals surface area contributed by atoms with E-state index in [2.05, 4.69) is 4.72 Å². The highest BCUT2D eigenvalue weighted by atomic mass is 32.2. The monoisotopic (exact) mass is 310 g/mol. The van der Waals surface area contributed by atoms with Gasteiger partial charge in [0.2, 0.25) is 0 Å². The molecule has 0 bridgehead atoms. The van der Waals surface area contributed by atoms with Crippen LogP contribution < -0.4 is 15.2 Å². The van der Waals surface area contributed by atoms with E-state index in [-0.39, 0.29) is 11.4 Å². The zero-order valence-corrected chi connectivity index (χ0v) is 13.0. The molecule has 3 N–H and O–H groups in total. The first kappa shape index (κ1) is 15.4. The van der Waals surface area contributed by atoms with Gasteiger partial charge in [0, 0.05) is 18.2 Å². The normalized spacial score (nSPS) is 11.4. The van der Waals surface area contributed by atoms with Crippen molar-refractivity contribution in [1.82, 2.24) is 0 Å². The maximum absolute atomic E-state index is 12.5. The lowest BCUT2D eigenvalue weighted by molar-refractivity contribution is 0.415. The largest absolute Gasteiger partial charge is 0.497 e. The van der Waals surface area contributed by atoms with Crippen molar-refractivity contribution in [2.45, 2.75) is 25.3 Å². The molecule has 2 rings (SSSR count). The number of aryl methyl sites for hydroxylation is 2. The fourth-order valence-electron chi connectivity index (χ4n) is 2.19. The molecule has 0 amide bonds. The molecule has 1 aromatic heterocycles. The van der Waals surface area contributed by atoms with E-state index in [0.29, 0.717) is 28.5 Å². The van der Waals surface area contributed by atoms with E-state index in [9.17, 15) is 8.42 Å². The minimum Gasteiger partial charge on any atom is -0.497 e. The third-order valence-electron chi connectivity index (χ3n) is 3.12. The van der Waals surface area contributed by atoms with Gasteiger partial charge in [-0.05, 0) is 26.0 Å². The summed E-state index contributed by atoms with van der Waals surface area (Å²) in [6, 6.07) is 6.68. The van der Waals surface area contributed by atoms with E-state index in [1.807, 2.05) is 0 Å². The van der Waals surface area contributed by atoms with Crippen LogP contribution in [0.2, 0.25) is 0 Å². The molecule has 6 nitrogen and oxygen atoms in total. The molecular formula is C14H18N2O4S. The summed E-state index contributed by atoms with van der Waals surface area (Å²) >= 11 is 0. The first-order valence-corrected chi connectivity index (χ1v) is 7.83. The van der Waals surface area contributed by atoms with Gasteiger partial charge < -0.3 is 14.9 Å². The standard InChI is InChI=1S/C14H18N2O4S/c1-9-13(8-15)14(10(2)20-9)21(17,18)16-11-5-4-6-12(7-11)19-3/h4-7,16H,8,15H2,1-3H3. The number of nitrogens with one attached hydrogen (secondary N) is 1. The van der Waals surface area contributed by atoms with Gasteiger partial charge in [-0.3, -0.25) is 4.72 Å². The second-order valence-corrected chi connectivity index (χ2v) is 6.18. The molecule has 0 spiro atoms. The fourth-order valence-corrected chi connectivity index (χ4v) is 3.70. The molecule has 0 fully saturated rings. The molecule has 7 heteroatoms. The number of methoxy groups -OCH3 is 1. The topological polar surface area (TPSA) is 94.6 Å². The zero-order valence-electron chi connectivity index (χ0n) is 12.1. The number of benzene rings is 1. The third-order valence-corrected chi connectivity index (χ3v) is 4.70. The first-order valence-electron chi connectivity index (χ1n) is 6.35. The van der Waals surface area contributed by atoms with Gasteiger partial charge in [-0.25, -0.2) is 8.42 Å². The Kier molecular flexibility index (Phi) is 4.24. The number of furan rings is 1. The highest BCUT2D eigenvalue weighted by Gasteiger charge is 2.26. The second kappa shape index (κ2) is 5.79. The average molecular weight is 310 g/mol. The average Bonchev–Trinajstić information content (AvgIpc) is 2.73. The van der Waals surface area contributed by atoms with Gasteiger partial charge in [0.15, 0.2) is 0 Å². The number of sulfonamides is 1. The van der Waals surface area contributed by atoms with Crippen LogP contribution in [0.3, 0.4) is 0 Å². The summed E-state index contributed by atoms with van der Waals surface area (Å²) in [5.74, 6) is 1.40. The van der Waals surface area contributed by atoms with Crippen LogP contribution in [0.4, 0.5) is 5.69 Å². The lowest BCUT2D eigenvalue weighted by atomic mass is 10.2. The van der Waals surface area contributed by atoms with Crippen LogP contribution in [-0.4, -0.2) is 15.5 Å². The Bertz CT molecular complexity index is 750. The fraction of sp³-hybridized carbons (Fsp3) is 0.286. The smallest absolute Gasteiger partial charge is 0.265 e. The van der Waals surface area contributed by atoms with Gasteiger partial charge in [0.1, 0.15) is 22.2 Å². The number of ether oxygens (including phenoxy) is 1. The zero-order chi connectivity index (χ0) is 15.6. The van der Waals surface area contributed by atoms with Gasteiger partial charge in [-0.2, -0.15) is 0 Å². The van der Waals surface area contributed by atoms with Crippen molar-refractivity contribution in [1.29, 1.82) is 0 Å². The van der Waals surface area contributed by atoms with Gasteiger partial charge in [0.05, 0.1) is 12.8 Å². The van der Waals surface area contributed by atoms with Crippen molar-refractivity contribution in [3.63, 3.8) is 0 Å². The molecule has 0 aliphatic rings. The molecule has 1 aromatic carbocycles. The third kappa shape index (κ3) is 3.03. The molecule has 114 valence electrons. The first-order chi connectivity index (χ1) is 9.89. The molecule has 0 saturated carbocycles. The molecule has 0 saturated heterocycles. The Morgan fingerprint density at radius 3 is 2.62 bits per heavy atom. The number of hydrogen-bond acceptors (Lipinski definition) is 5. The summed E-state index contributed by atoms with van der Waals surface area (Å²) in [5.41, 5.74) is 6.53. The van der Waals surface area contributed by atoms with Crippen molar-refractivity contribution in [3.05, 3.63) is 41.3 Å². The Morgan fingerprint density at radius 2 is 2.00 bits per heavy atom. The summed E-state index contributed by atoms with van der Waals surface area (Å²) in [6.45, 7) is 3.39. The quantitative estimate of drug-likeness (QED) is 0.882. The Labute approximate surface area is 124 Å². The van der Waals surface area contributed by atoms with Crippen LogP contribution in [0.25, 0.3) is 0 Å². The van der Waals surface area contributed by atoms with Gasteiger partial charge in [-0.1, -0.05) is 6.07 Å². The van der Waals surface area contributed by atoms with Gasteiger partial charge in [0.25, 0.3) is 10.0 Å². The van der Waals surface area contributed by atoms with Crippen molar-refractivity contribution < 1.29 is 17.6 Å². The molecule has 0 aliphatic carbocycles. The SMILES string of the molecule is COc1cccc(NS(=O)(=O)c2c(C)oc(C)c2CN)c1. The van der Waals surface area contributed by atoms with Crippen molar-refractivity contribution in [2.24, 2.45) is 5.73 Å². The molecule has 0 aliphatic heterocycles. The van der Waals surface area contributed by atoms with E-state index >= 15 is 0 Å². The number of anilines is 1. The molecule has 21 heavy (non-hydrogen) atoms. The minimum atomic E-state index is -3.77. The van der Waals surface area contributed by atoms with Crippen LogP contribution in [0.1, 0.15) is 17.1 Å². The van der Waals surface area contributed by atoms with E-state index < -0.39 is 10.0 Å². The van der Waals surface area contributed by atoms with E-state index in [0.717, 1.165) is 0 Å². The van der Waals surface area contributed by atoms with Crippen LogP contribution in [-0.2, 0) is 16.6 Å².